The van der Waals surface area contributed by atoms with Crippen molar-refractivity contribution in [3.63, 3.8) is 0 Å². The van der Waals surface area contributed by atoms with E-state index < -0.39 is 59.4 Å². The van der Waals surface area contributed by atoms with Crippen molar-refractivity contribution in [1.82, 2.24) is 0 Å². The fourth-order valence-electron chi connectivity index (χ4n) is 6.67. The molecule has 0 amide bonds. The fourth-order valence-corrected chi connectivity index (χ4v) is 6.67. The molecule has 5 fully saturated rings. The largest absolute Gasteiger partial charge is 0.466 e. The first-order valence-electron chi connectivity index (χ1n) is 14.2. The topological polar surface area (TPSA) is 125 Å². The highest BCUT2D eigenvalue weighted by molar-refractivity contribution is 5.87. The molecule has 0 aromatic rings. The van der Waals surface area contributed by atoms with E-state index in [1.54, 1.807) is 20.8 Å². The van der Waals surface area contributed by atoms with Crippen molar-refractivity contribution in [2.75, 3.05) is 26.4 Å². The lowest BCUT2D eigenvalue weighted by Gasteiger charge is -2.41. The Kier molecular flexibility index (Phi) is 8.09. The van der Waals surface area contributed by atoms with E-state index in [0.29, 0.717) is 25.7 Å². The van der Waals surface area contributed by atoms with Crippen molar-refractivity contribution in [3.8, 4) is 0 Å². The summed E-state index contributed by atoms with van der Waals surface area (Å²) in [5.74, 6) is -6.71. The molecule has 11 nitrogen and oxygen atoms in total. The first-order valence-corrected chi connectivity index (χ1v) is 14.2. The number of carbonyl (C=O) groups is 3. The van der Waals surface area contributed by atoms with E-state index in [1.807, 2.05) is 0 Å². The highest BCUT2D eigenvalue weighted by atomic mass is 16.9. The van der Waals surface area contributed by atoms with Crippen LogP contribution in [0.25, 0.3) is 0 Å². The highest BCUT2D eigenvalue weighted by Gasteiger charge is 2.72. The second kappa shape index (κ2) is 11.1. The van der Waals surface area contributed by atoms with Gasteiger partial charge in [0.05, 0.1) is 19.8 Å². The third kappa shape index (κ3) is 5.01. The van der Waals surface area contributed by atoms with Gasteiger partial charge in [0.1, 0.15) is 36.8 Å². The summed E-state index contributed by atoms with van der Waals surface area (Å²) in [6, 6.07) is 0. The molecule has 0 bridgehead atoms. The predicted molar refractivity (Wildman–Crippen MR) is 133 cm³/mol. The molecule has 11 heteroatoms. The number of rotatable bonds is 7. The van der Waals surface area contributed by atoms with E-state index >= 15 is 0 Å². The van der Waals surface area contributed by atoms with E-state index in [4.69, 9.17) is 37.9 Å². The van der Waals surface area contributed by atoms with Crippen LogP contribution in [0.5, 0.6) is 0 Å². The summed E-state index contributed by atoms with van der Waals surface area (Å²) in [6.45, 7) is 8.99. The van der Waals surface area contributed by atoms with Crippen LogP contribution < -0.4 is 0 Å². The van der Waals surface area contributed by atoms with Crippen LogP contribution in [0.3, 0.4) is 0 Å². The molecule has 2 spiro atoms. The lowest BCUT2D eigenvalue weighted by atomic mass is 9.83. The van der Waals surface area contributed by atoms with Crippen LogP contribution in [0.4, 0.5) is 0 Å². The Morgan fingerprint density at radius 3 is 2.08 bits per heavy atom. The van der Waals surface area contributed by atoms with Crippen LogP contribution in [-0.2, 0) is 52.3 Å². The molecular formula is C28H40O11. The summed E-state index contributed by atoms with van der Waals surface area (Å²) in [4.78, 5) is 38.4. The molecule has 0 N–H and O–H groups in total. The molecule has 218 valence electrons. The minimum atomic E-state index is -1.54. The van der Waals surface area contributed by atoms with E-state index in [0.717, 1.165) is 25.7 Å². The van der Waals surface area contributed by atoms with Crippen LogP contribution in [0.1, 0.15) is 72.1 Å². The molecule has 0 aromatic heterocycles. The predicted octanol–water partition coefficient (Wildman–Crippen LogP) is 2.93. The number of carbonyl (C=O) groups excluding carboxylic acids is 3. The van der Waals surface area contributed by atoms with E-state index in [9.17, 15) is 14.4 Å². The molecule has 4 unspecified atom stereocenters. The van der Waals surface area contributed by atoms with Crippen LogP contribution >= 0.6 is 0 Å². The van der Waals surface area contributed by atoms with E-state index in [-0.39, 0.29) is 38.0 Å². The van der Waals surface area contributed by atoms with Crippen LogP contribution in [0, 0.1) is 11.8 Å². The molecule has 0 aromatic carbocycles. The van der Waals surface area contributed by atoms with Gasteiger partial charge >= 0.3 is 17.9 Å². The summed E-state index contributed by atoms with van der Waals surface area (Å²) < 4.78 is 49.0. The SMILES string of the molecule is C=C(C)C(=O)OC[C@]12OC[C@H]3OC4(CCCCC4C(=O)OCC)O[C@H]3[C@@H]1OC1(CCCCC1C(=O)OCC)O2. The Bertz CT molecular complexity index is 983. The summed E-state index contributed by atoms with van der Waals surface area (Å²) in [5, 5.41) is 0. The Labute approximate surface area is 228 Å². The minimum Gasteiger partial charge on any atom is -0.466 e. The Morgan fingerprint density at radius 1 is 0.846 bits per heavy atom. The monoisotopic (exact) mass is 552 g/mol. The van der Waals surface area contributed by atoms with Gasteiger partial charge in [-0.1, -0.05) is 19.4 Å². The maximum Gasteiger partial charge on any atom is 0.333 e. The van der Waals surface area contributed by atoms with Crippen molar-refractivity contribution < 1.29 is 52.3 Å². The number of hydrogen-bond acceptors (Lipinski definition) is 11. The first-order chi connectivity index (χ1) is 18.7. The zero-order chi connectivity index (χ0) is 27.8. The molecule has 3 heterocycles. The molecule has 0 radical (unpaired) electrons. The molecular weight excluding hydrogens is 512 g/mol. The lowest BCUT2D eigenvalue weighted by Crippen LogP contribution is -2.60. The van der Waals surface area contributed by atoms with Crippen molar-refractivity contribution in [3.05, 3.63) is 12.2 Å². The third-order valence-electron chi connectivity index (χ3n) is 8.44. The zero-order valence-corrected chi connectivity index (χ0v) is 23.1. The molecule has 5 rings (SSSR count). The maximum atomic E-state index is 13.0. The molecule has 39 heavy (non-hydrogen) atoms. The van der Waals surface area contributed by atoms with E-state index in [1.165, 1.54) is 0 Å². The van der Waals surface area contributed by atoms with Crippen molar-refractivity contribution in [2.24, 2.45) is 11.8 Å². The summed E-state index contributed by atoms with van der Waals surface area (Å²) >= 11 is 0. The second-order valence-corrected chi connectivity index (χ2v) is 11.1. The van der Waals surface area contributed by atoms with Crippen LogP contribution in [-0.4, -0.2) is 80.0 Å². The van der Waals surface area contributed by atoms with Gasteiger partial charge in [0, 0.05) is 18.4 Å². The molecule has 3 aliphatic heterocycles. The maximum absolute atomic E-state index is 13.0. The molecule has 3 saturated heterocycles. The van der Waals surface area contributed by atoms with E-state index in [2.05, 4.69) is 6.58 Å². The fraction of sp³-hybridized carbons (Fsp3) is 0.821. The van der Waals surface area contributed by atoms with Crippen LogP contribution in [0.2, 0.25) is 0 Å². The van der Waals surface area contributed by atoms with Crippen molar-refractivity contribution >= 4 is 17.9 Å². The normalized spacial score (nSPS) is 41.1. The second-order valence-electron chi connectivity index (χ2n) is 11.1. The van der Waals surface area contributed by atoms with Gasteiger partial charge in [-0.3, -0.25) is 9.59 Å². The average Bonchev–Trinajstić information content (AvgIpc) is 3.44. The minimum absolute atomic E-state index is 0.0621. The van der Waals surface area contributed by atoms with Crippen LogP contribution in [0.15, 0.2) is 12.2 Å². The van der Waals surface area contributed by atoms with Gasteiger partial charge in [0.15, 0.2) is 11.6 Å². The highest BCUT2D eigenvalue weighted by Crippen LogP contribution is 2.56. The molecule has 8 atom stereocenters. The number of esters is 3. The Hall–Kier alpha value is -2.05. The van der Waals surface area contributed by atoms with Crippen molar-refractivity contribution in [1.29, 1.82) is 0 Å². The number of ether oxygens (including phenoxy) is 8. The molecule has 2 saturated carbocycles. The summed E-state index contributed by atoms with van der Waals surface area (Å²) in [5.41, 5.74) is 0.228. The van der Waals surface area contributed by atoms with Gasteiger partial charge in [-0.15, -0.1) is 0 Å². The lowest BCUT2D eigenvalue weighted by molar-refractivity contribution is -0.312. The number of fused-ring (bicyclic) bond motifs is 3. The summed E-state index contributed by atoms with van der Waals surface area (Å²) in [6.07, 6.45) is 3.18. The molecule has 2 aliphatic carbocycles. The van der Waals surface area contributed by atoms with Gasteiger partial charge in [0.25, 0.3) is 0 Å². The van der Waals surface area contributed by atoms with Gasteiger partial charge in [-0.25, -0.2) is 4.79 Å². The standard InChI is InChI=1S/C28H40O11/c1-5-32-24(30)18-11-7-9-13-26(18)36-20-15-35-28(16-34-23(29)17(3)4)22(21(20)37-26)38-27(39-28)14-10-8-12-19(27)25(31)33-6-2/h18-22H,3,5-16H2,1-2,4H3/t18?,19?,20-,21-,22+,26?,27?,28-/m1/s1. The third-order valence-corrected chi connectivity index (χ3v) is 8.44. The Morgan fingerprint density at radius 2 is 1.46 bits per heavy atom. The quantitative estimate of drug-likeness (QED) is 0.263. The summed E-state index contributed by atoms with van der Waals surface area (Å²) in [7, 11) is 0. The smallest absolute Gasteiger partial charge is 0.333 e. The van der Waals surface area contributed by atoms with Gasteiger partial charge in [-0.05, 0) is 46.5 Å². The number of hydrogen-bond donors (Lipinski definition) is 0. The van der Waals surface area contributed by atoms with Gasteiger partial charge in [0.2, 0.25) is 5.79 Å². The van der Waals surface area contributed by atoms with Gasteiger partial charge < -0.3 is 37.9 Å². The van der Waals surface area contributed by atoms with Crippen molar-refractivity contribution in [2.45, 2.75) is 108 Å². The van der Waals surface area contributed by atoms with Gasteiger partial charge in [-0.2, -0.15) is 0 Å². The zero-order valence-electron chi connectivity index (χ0n) is 23.1. The molecule has 5 aliphatic rings. The Balaban J connectivity index is 1.47. The average molecular weight is 553 g/mol. The first kappa shape index (κ1) is 28.5.